The average Bonchev–Trinajstić information content (AvgIpc) is 3.13. The number of nitrogens with one attached hydrogen (secondary N) is 1. The fourth-order valence-corrected chi connectivity index (χ4v) is 2.35. The molecular formula is C17H20N4O5. The number of benzene rings is 1. The Bertz CT molecular complexity index is 743. The Kier molecular flexibility index (Phi) is 6.84. The van der Waals surface area contributed by atoms with E-state index in [0.29, 0.717) is 12.1 Å². The summed E-state index contributed by atoms with van der Waals surface area (Å²) in [7, 11) is 0. The summed E-state index contributed by atoms with van der Waals surface area (Å²) < 4.78 is 4.65. The summed E-state index contributed by atoms with van der Waals surface area (Å²) in [5.74, 6) is -0.483. The zero-order chi connectivity index (χ0) is 18.9. The van der Waals surface area contributed by atoms with Crippen molar-refractivity contribution in [3.8, 4) is 0 Å². The molecule has 2 aromatic rings. The van der Waals surface area contributed by atoms with Gasteiger partial charge in [-0.2, -0.15) is 0 Å². The summed E-state index contributed by atoms with van der Waals surface area (Å²) in [5.41, 5.74) is 0.198. The van der Waals surface area contributed by atoms with Crippen molar-refractivity contribution < 1.29 is 19.0 Å². The number of nitro groups is 1. The molecule has 9 heteroatoms. The van der Waals surface area contributed by atoms with Gasteiger partial charge in [0, 0.05) is 30.3 Å². The normalized spacial score (nSPS) is 10.3. The highest BCUT2D eigenvalue weighted by molar-refractivity contribution is 5.99. The lowest BCUT2D eigenvalue weighted by Gasteiger charge is -2.22. The van der Waals surface area contributed by atoms with Crippen molar-refractivity contribution in [3.63, 3.8) is 0 Å². The summed E-state index contributed by atoms with van der Waals surface area (Å²) in [6.45, 7) is 2.31. The Hall–Kier alpha value is -3.23. The van der Waals surface area contributed by atoms with E-state index in [1.54, 1.807) is 0 Å². The number of unbranched alkanes of at least 4 members (excludes halogenated alkanes) is 2. The molecule has 0 spiro atoms. The maximum Gasteiger partial charge on any atom is 0.269 e. The van der Waals surface area contributed by atoms with Crippen LogP contribution in [0.3, 0.4) is 0 Å². The second-order valence-corrected chi connectivity index (χ2v) is 5.67. The Morgan fingerprint density at radius 3 is 2.54 bits per heavy atom. The fourth-order valence-electron chi connectivity index (χ4n) is 2.35. The third-order valence-electron chi connectivity index (χ3n) is 3.68. The van der Waals surface area contributed by atoms with Crippen LogP contribution in [0.2, 0.25) is 0 Å². The first-order valence-electron chi connectivity index (χ1n) is 8.25. The second kappa shape index (κ2) is 9.30. The molecule has 2 rings (SSSR count). The number of carbonyl (C=O) groups excluding carboxylic acids is 2. The van der Waals surface area contributed by atoms with Crippen LogP contribution in [0.5, 0.6) is 0 Å². The molecule has 9 nitrogen and oxygen atoms in total. The maximum atomic E-state index is 12.7. The van der Waals surface area contributed by atoms with E-state index < -0.39 is 10.8 Å². The van der Waals surface area contributed by atoms with E-state index in [1.807, 2.05) is 6.92 Å². The molecule has 26 heavy (non-hydrogen) atoms. The number of rotatable bonds is 9. The minimum Gasteiger partial charge on any atom is -0.363 e. The second-order valence-electron chi connectivity index (χ2n) is 5.67. The van der Waals surface area contributed by atoms with E-state index >= 15 is 0 Å². The highest BCUT2D eigenvalue weighted by Crippen LogP contribution is 2.14. The van der Waals surface area contributed by atoms with Crippen molar-refractivity contribution in [2.75, 3.05) is 18.4 Å². The molecule has 0 atom stereocenters. The Morgan fingerprint density at radius 2 is 1.96 bits per heavy atom. The molecule has 0 unspecified atom stereocenters. The lowest BCUT2D eigenvalue weighted by Crippen LogP contribution is -2.38. The number of aromatic nitrogens is 1. The molecule has 1 N–H and O–H groups in total. The quantitative estimate of drug-likeness (QED) is 0.417. The lowest BCUT2D eigenvalue weighted by molar-refractivity contribution is -0.384. The van der Waals surface area contributed by atoms with E-state index in [2.05, 4.69) is 15.0 Å². The minimum absolute atomic E-state index is 0.0946. The van der Waals surface area contributed by atoms with Gasteiger partial charge in [-0.1, -0.05) is 24.9 Å². The molecule has 1 heterocycles. The van der Waals surface area contributed by atoms with E-state index in [9.17, 15) is 19.7 Å². The predicted molar refractivity (Wildman–Crippen MR) is 93.7 cm³/mol. The molecule has 0 saturated heterocycles. The van der Waals surface area contributed by atoms with Crippen LogP contribution in [0.1, 0.15) is 36.5 Å². The van der Waals surface area contributed by atoms with Gasteiger partial charge in [-0.15, -0.1) is 0 Å². The van der Waals surface area contributed by atoms with Crippen LogP contribution in [-0.4, -0.2) is 39.9 Å². The predicted octanol–water partition coefficient (Wildman–Crippen LogP) is 2.85. The first-order chi connectivity index (χ1) is 12.5. The molecule has 0 aliphatic rings. The maximum absolute atomic E-state index is 12.7. The lowest BCUT2D eigenvalue weighted by atomic mass is 10.1. The first-order valence-corrected chi connectivity index (χ1v) is 8.25. The molecule has 1 aromatic carbocycles. The zero-order valence-electron chi connectivity index (χ0n) is 14.4. The number of nitrogens with zero attached hydrogens (tertiary/aromatic N) is 3. The van der Waals surface area contributed by atoms with Gasteiger partial charge in [-0.25, -0.2) is 0 Å². The molecule has 0 aliphatic carbocycles. The largest absolute Gasteiger partial charge is 0.363 e. The molecule has 0 bridgehead atoms. The number of hydrogen-bond acceptors (Lipinski definition) is 6. The average molecular weight is 360 g/mol. The number of amides is 2. The van der Waals surface area contributed by atoms with Crippen molar-refractivity contribution in [3.05, 3.63) is 52.3 Å². The van der Waals surface area contributed by atoms with Crippen LogP contribution < -0.4 is 5.32 Å². The number of hydrogen-bond donors (Lipinski definition) is 1. The van der Waals surface area contributed by atoms with Gasteiger partial charge in [0.25, 0.3) is 11.6 Å². The van der Waals surface area contributed by atoms with Crippen molar-refractivity contribution in [2.45, 2.75) is 26.2 Å². The first kappa shape index (κ1) is 19.1. The van der Waals surface area contributed by atoms with E-state index in [0.717, 1.165) is 19.3 Å². The molecule has 0 aliphatic heterocycles. The number of carbonyl (C=O) groups is 2. The fraction of sp³-hybridized carbons (Fsp3) is 0.353. The Labute approximate surface area is 150 Å². The summed E-state index contributed by atoms with van der Waals surface area (Å²) in [4.78, 5) is 36.5. The van der Waals surface area contributed by atoms with Gasteiger partial charge in [0.1, 0.15) is 12.8 Å². The van der Waals surface area contributed by atoms with E-state index in [-0.39, 0.29) is 24.0 Å². The Balaban J connectivity index is 2.07. The topological polar surface area (TPSA) is 119 Å². The molecule has 1 aromatic heterocycles. The van der Waals surface area contributed by atoms with Gasteiger partial charge >= 0.3 is 0 Å². The van der Waals surface area contributed by atoms with Gasteiger partial charge in [0.2, 0.25) is 5.91 Å². The number of nitro benzene ring substituents is 1. The molecule has 138 valence electrons. The summed E-state index contributed by atoms with van der Waals surface area (Å²) in [6, 6.07) is 6.82. The summed E-state index contributed by atoms with van der Waals surface area (Å²) in [6.07, 6.45) is 3.99. The van der Waals surface area contributed by atoms with E-state index in [1.165, 1.54) is 41.5 Å². The van der Waals surface area contributed by atoms with Crippen LogP contribution >= 0.6 is 0 Å². The standard InChI is InChI=1S/C17H20N4O5/c1-2-3-4-10-20(12-16(22)18-15-9-11-26-19-15)17(23)13-5-7-14(8-6-13)21(24)25/h5-9,11H,2-4,10,12H2,1H3,(H,18,19,22). The van der Waals surface area contributed by atoms with Gasteiger partial charge in [0.05, 0.1) is 4.92 Å². The van der Waals surface area contributed by atoms with Crippen molar-refractivity contribution in [2.24, 2.45) is 0 Å². The SMILES string of the molecule is CCCCCN(CC(=O)Nc1ccon1)C(=O)c1ccc([N+](=O)[O-])cc1. The molecule has 0 fully saturated rings. The molecule has 2 amide bonds. The molecule has 0 saturated carbocycles. The highest BCUT2D eigenvalue weighted by atomic mass is 16.6. The summed E-state index contributed by atoms with van der Waals surface area (Å²) in [5, 5.41) is 16.9. The van der Waals surface area contributed by atoms with Crippen molar-refractivity contribution in [1.29, 1.82) is 0 Å². The van der Waals surface area contributed by atoms with Gasteiger partial charge in [0.15, 0.2) is 5.82 Å². The number of anilines is 1. The van der Waals surface area contributed by atoms with E-state index in [4.69, 9.17) is 0 Å². The van der Waals surface area contributed by atoms with Gasteiger partial charge in [-0.3, -0.25) is 19.7 Å². The number of non-ortho nitro benzene ring substituents is 1. The van der Waals surface area contributed by atoms with Crippen LogP contribution in [-0.2, 0) is 4.79 Å². The third kappa shape index (κ3) is 5.40. The van der Waals surface area contributed by atoms with Crippen LogP contribution in [0.15, 0.2) is 41.1 Å². The highest BCUT2D eigenvalue weighted by Gasteiger charge is 2.20. The monoisotopic (exact) mass is 360 g/mol. The van der Waals surface area contributed by atoms with Crippen LogP contribution in [0.25, 0.3) is 0 Å². The molecular weight excluding hydrogens is 340 g/mol. The van der Waals surface area contributed by atoms with Gasteiger partial charge < -0.3 is 14.7 Å². The van der Waals surface area contributed by atoms with Crippen molar-refractivity contribution in [1.82, 2.24) is 10.1 Å². The van der Waals surface area contributed by atoms with Crippen molar-refractivity contribution >= 4 is 23.3 Å². The Morgan fingerprint density at radius 1 is 1.23 bits per heavy atom. The third-order valence-corrected chi connectivity index (χ3v) is 3.68. The smallest absolute Gasteiger partial charge is 0.269 e. The van der Waals surface area contributed by atoms with Gasteiger partial charge in [-0.05, 0) is 18.6 Å². The molecule has 0 radical (unpaired) electrons. The summed E-state index contributed by atoms with van der Waals surface area (Å²) >= 11 is 0. The zero-order valence-corrected chi connectivity index (χ0v) is 14.4. The van der Waals surface area contributed by atoms with Crippen LogP contribution in [0.4, 0.5) is 11.5 Å². The van der Waals surface area contributed by atoms with Crippen LogP contribution in [0, 0.1) is 10.1 Å². The minimum atomic E-state index is -0.529.